The van der Waals surface area contributed by atoms with Crippen molar-refractivity contribution >= 4 is 21.8 Å². The zero-order valence-corrected chi connectivity index (χ0v) is 12.7. The van der Waals surface area contributed by atoms with Gasteiger partial charge in [-0.05, 0) is 36.5 Å². The third kappa shape index (κ3) is 2.82. The van der Waals surface area contributed by atoms with Crippen LogP contribution in [0.15, 0.2) is 23.1 Å². The molecule has 4 nitrogen and oxygen atoms in total. The van der Waals surface area contributed by atoms with E-state index in [9.17, 15) is 12.8 Å². The van der Waals surface area contributed by atoms with Gasteiger partial charge in [0.1, 0.15) is 22.3 Å². The van der Waals surface area contributed by atoms with Gasteiger partial charge >= 0.3 is 0 Å². The molecule has 1 aliphatic rings. The van der Waals surface area contributed by atoms with E-state index in [1.807, 2.05) is 6.26 Å². The Bertz CT molecular complexity index is 640. The summed E-state index contributed by atoms with van der Waals surface area (Å²) in [6.07, 6.45) is 2.79. The first-order valence-corrected chi connectivity index (χ1v) is 9.01. The summed E-state index contributed by atoms with van der Waals surface area (Å²) in [5, 5.41) is 8.97. The van der Waals surface area contributed by atoms with Crippen LogP contribution >= 0.6 is 11.8 Å². The Morgan fingerprint density at radius 1 is 1.55 bits per heavy atom. The van der Waals surface area contributed by atoms with Crippen molar-refractivity contribution in [3.05, 3.63) is 29.6 Å². The summed E-state index contributed by atoms with van der Waals surface area (Å²) in [6, 6.07) is 5.35. The van der Waals surface area contributed by atoms with E-state index in [0.717, 1.165) is 18.2 Å². The summed E-state index contributed by atoms with van der Waals surface area (Å²) >= 11 is 1.68. The van der Waals surface area contributed by atoms with E-state index in [2.05, 4.69) is 0 Å². The van der Waals surface area contributed by atoms with Crippen LogP contribution in [0.3, 0.4) is 0 Å². The van der Waals surface area contributed by atoms with Crippen LogP contribution in [0.2, 0.25) is 0 Å². The van der Waals surface area contributed by atoms with Gasteiger partial charge in [0, 0.05) is 13.1 Å². The van der Waals surface area contributed by atoms with E-state index in [4.69, 9.17) is 5.26 Å². The molecule has 7 heteroatoms. The first-order valence-electron chi connectivity index (χ1n) is 6.18. The monoisotopic (exact) mass is 314 g/mol. The minimum atomic E-state index is -3.79. The van der Waals surface area contributed by atoms with Gasteiger partial charge < -0.3 is 0 Å². The maximum Gasteiger partial charge on any atom is 0.244 e. The van der Waals surface area contributed by atoms with E-state index in [1.54, 1.807) is 17.8 Å². The molecule has 0 N–H and O–H groups in total. The molecule has 0 unspecified atom stereocenters. The van der Waals surface area contributed by atoms with Crippen LogP contribution in [0.5, 0.6) is 0 Å². The van der Waals surface area contributed by atoms with Crippen LogP contribution in [-0.2, 0) is 10.0 Å². The molecule has 0 amide bonds. The number of benzene rings is 1. The molecule has 0 aliphatic carbocycles. The maximum atomic E-state index is 13.6. The molecule has 0 bridgehead atoms. The zero-order chi connectivity index (χ0) is 14.8. The highest BCUT2D eigenvalue weighted by Gasteiger charge is 2.34. The molecule has 2 rings (SSSR count). The van der Waals surface area contributed by atoms with Crippen LogP contribution < -0.4 is 0 Å². The van der Waals surface area contributed by atoms with Crippen LogP contribution in [0.25, 0.3) is 0 Å². The van der Waals surface area contributed by atoms with Gasteiger partial charge in [-0.25, -0.2) is 12.8 Å². The standard InChI is InChI=1S/C13H15FN2O2S2/c1-19-9-10-5-6-16(8-10)20(17,18)13-4-2-3-12(14)11(13)7-15/h2-4,10H,5-6,8-9H2,1H3/t10-/m1/s1. The summed E-state index contributed by atoms with van der Waals surface area (Å²) in [5.41, 5.74) is -0.402. The summed E-state index contributed by atoms with van der Waals surface area (Å²) < 4.78 is 39.9. The first-order chi connectivity index (χ1) is 9.50. The minimum Gasteiger partial charge on any atom is -0.207 e. The van der Waals surface area contributed by atoms with Crippen molar-refractivity contribution in [1.82, 2.24) is 4.31 Å². The zero-order valence-electron chi connectivity index (χ0n) is 11.0. The van der Waals surface area contributed by atoms with Gasteiger partial charge in [-0.2, -0.15) is 21.3 Å². The molecule has 1 fully saturated rings. The average Bonchev–Trinajstić information content (AvgIpc) is 2.88. The molecular weight excluding hydrogens is 299 g/mol. The van der Waals surface area contributed by atoms with Crippen molar-refractivity contribution in [2.75, 3.05) is 25.1 Å². The molecule has 1 heterocycles. The molecule has 1 aromatic carbocycles. The summed E-state index contributed by atoms with van der Waals surface area (Å²) in [6.45, 7) is 0.861. The van der Waals surface area contributed by atoms with Crippen LogP contribution in [0.4, 0.5) is 4.39 Å². The van der Waals surface area contributed by atoms with E-state index in [-0.39, 0.29) is 4.90 Å². The lowest BCUT2D eigenvalue weighted by atomic mass is 10.2. The average molecular weight is 314 g/mol. The number of thioether (sulfide) groups is 1. The smallest absolute Gasteiger partial charge is 0.207 e. The number of rotatable bonds is 4. The Labute approximate surface area is 122 Å². The highest BCUT2D eigenvalue weighted by Crippen LogP contribution is 2.28. The molecule has 0 spiro atoms. The van der Waals surface area contributed by atoms with Crippen molar-refractivity contribution in [2.24, 2.45) is 5.92 Å². The number of hydrogen-bond acceptors (Lipinski definition) is 4. The second-order valence-electron chi connectivity index (χ2n) is 4.70. The number of hydrogen-bond donors (Lipinski definition) is 0. The van der Waals surface area contributed by atoms with Gasteiger partial charge in [0.05, 0.1) is 0 Å². The SMILES string of the molecule is CSC[C@@H]1CCN(S(=O)(=O)c2cccc(F)c2C#N)C1. The lowest BCUT2D eigenvalue weighted by Crippen LogP contribution is -2.30. The fraction of sp³-hybridized carbons (Fsp3) is 0.462. The number of halogens is 1. The third-order valence-electron chi connectivity index (χ3n) is 3.36. The number of nitrogens with zero attached hydrogens (tertiary/aromatic N) is 2. The van der Waals surface area contributed by atoms with Crippen molar-refractivity contribution < 1.29 is 12.8 Å². The first kappa shape index (κ1) is 15.3. The van der Waals surface area contributed by atoms with Gasteiger partial charge in [-0.3, -0.25) is 0 Å². The van der Waals surface area contributed by atoms with Crippen molar-refractivity contribution in [2.45, 2.75) is 11.3 Å². The molecule has 20 heavy (non-hydrogen) atoms. The lowest BCUT2D eigenvalue weighted by Gasteiger charge is -2.17. The summed E-state index contributed by atoms with van der Waals surface area (Å²) in [7, 11) is -3.79. The summed E-state index contributed by atoms with van der Waals surface area (Å²) in [4.78, 5) is -0.232. The predicted octanol–water partition coefficient (Wildman–Crippen LogP) is 2.07. The van der Waals surface area contributed by atoms with Gasteiger partial charge in [0.15, 0.2) is 0 Å². The van der Waals surface area contributed by atoms with Gasteiger partial charge in [0.25, 0.3) is 0 Å². The quantitative estimate of drug-likeness (QED) is 0.853. The highest BCUT2D eigenvalue weighted by atomic mass is 32.2. The molecule has 1 saturated heterocycles. The minimum absolute atomic E-state index is 0.232. The van der Waals surface area contributed by atoms with Gasteiger partial charge in [0.2, 0.25) is 10.0 Å². The fourth-order valence-electron chi connectivity index (χ4n) is 2.35. The molecular formula is C13H15FN2O2S2. The van der Waals surface area contributed by atoms with Gasteiger partial charge in [-0.15, -0.1) is 0 Å². The predicted molar refractivity (Wildman–Crippen MR) is 76.4 cm³/mol. The summed E-state index contributed by atoms with van der Waals surface area (Å²) in [5.74, 6) is 0.424. The largest absolute Gasteiger partial charge is 0.244 e. The van der Waals surface area contributed by atoms with Crippen molar-refractivity contribution in [3.63, 3.8) is 0 Å². The van der Waals surface area contributed by atoms with E-state index < -0.39 is 21.4 Å². The topological polar surface area (TPSA) is 61.2 Å². The van der Waals surface area contributed by atoms with E-state index in [0.29, 0.717) is 19.0 Å². The Morgan fingerprint density at radius 3 is 2.95 bits per heavy atom. The molecule has 108 valence electrons. The fourth-order valence-corrected chi connectivity index (χ4v) is 4.78. The third-order valence-corrected chi connectivity index (χ3v) is 6.07. The molecule has 1 aromatic rings. The Balaban J connectivity index is 2.33. The van der Waals surface area contributed by atoms with E-state index in [1.165, 1.54) is 16.4 Å². The van der Waals surface area contributed by atoms with Crippen LogP contribution in [0.1, 0.15) is 12.0 Å². The molecule has 0 radical (unpaired) electrons. The van der Waals surface area contributed by atoms with Crippen LogP contribution in [0, 0.1) is 23.1 Å². The lowest BCUT2D eigenvalue weighted by molar-refractivity contribution is 0.464. The molecule has 0 aromatic heterocycles. The number of nitriles is 1. The van der Waals surface area contributed by atoms with Gasteiger partial charge in [-0.1, -0.05) is 6.07 Å². The Kier molecular flexibility index (Phi) is 4.68. The Hall–Kier alpha value is -1.10. The van der Waals surface area contributed by atoms with Crippen molar-refractivity contribution in [1.29, 1.82) is 5.26 Å². The number of sulfonamides is 1. The highest BCUT2D eigenvalue weighted by molar-refractivity contribution is 7.98. The second kappa shape index (κ2) is 6.12. The van der Waals surface area contributed by atoms with Crippen molar-refractivity contribution in [3.8, 4) is 6.07 Å². The normalized spacial score (nSPS) is 19.9. The molecule has 1 aliphatic heterocycles. The maximum absolute atomic E-state index is 13.6. The van der Waals surface area contributed by atoms with Crippen LogP contribution in [-0.4, -0.2) is 37.8 Å². The Morgan fingerprint density at radius 2 is 2.30 bits per heavy atom. The molecule has 0 saturated carbocycles. The van der Waals surface area contributed by atoms with E-state index >= 15 is 0 Å². The molecule has 1 atom stereocenters. The second-order valence-corrected chi connectivity index (χ2v) is 7.51.